The summed E-state index contributed by atoms with van der Waals surface area (Å²) in [7, 11) is -2.15. The lowest BCUT2D eigenvalue weighted by Crippen LogP contribution is -2.43. The van der Waals surface area contributed by atoms with Crippen LogP contribution in [0.4, 0.5) is 5.69 Å². The van der Waals surface area contributed by atoms with Crippen molar-refractivity contribution in [3.8, 4) is 11.5 Å². The summed E-state index contributed by atoms with van der Waals surface area (Å²) >= 11 is 0. The molecule has 0 bridgehead atoms. The Morgan fingerprint density at radius 3 is 2.67 bits per heavy atom. The molecule has 0 unspecified atom stereocenters. The van der Waals surface area contributed by atoms with Gasteiger partial charge in [-0.25, -0.2) is 8.42 Å². The van der Waals surface area contributed by atoms with Crippen LogP contribution in [-0.4, -0.2) is 45.4 Å². The van der Waals surface area contributed by atoms with Crippen molar-refractivity contribution in [2.45, 2.75) is 31.6 Å². The lowest BCUT2D eigenvalue weighted by Gasteiger charge is -2.31. The van der Waals surface area contributed by atoms with Gasteiger partial charge in [0.15, 0.2) is 0 Å². The van der Waals surface area contributed by atoms with Crippen molar-refractivity contribution in [3.05, 3.63) is 48.0 Å². The van der Waals surface area contributed by atoms with Crippen molar-refractivity contribution in [2.75, 3.05) is 32.1 Å². The number of para-hydroxylation sites is 2. The van der Waals surface area contributed by atoms with Crippen LogP contribution >= 0.6 is 0 Å². The minimum atomic E-state index is -3.70. The van der Waals surface area contributed by atoms with E-state index in [4.69, 9.17) is 9.47 Å². The van der Waals surface area contributed by atoms with Gasteiger partial charge in [0.1, 0.15) is 11.5 Å². The van der Waals surface area contributed by atoms with Crippen LogP contribution in [0.1, 0.15) is 25.3 Å². The van der Waals surface area contributed by atoms with Gasteiger partial charge in [0.2, 0.25) is 15.9 Å². The van der Waals surface area contributed by atoms with Crippen LogP contribution in [0.25, 0.3) is 0 Å². The Morgan fingerprint density at radius 1 is 1.20 bits per heavy atom. The Bertz CT molecular complexity index is 1010. The first-order valence-electron chi connectivity index (χ1n) is 10.0. The number of hydrogen-bond donors (Lipinski definition) is 1. The average molecular weight is 433 g/mol. The molecule has 3 rings (SSSR count). The number of methoxy groups -OCH3 is 1. The van der Waals surface area contributed by atoms with Crippen LogP contribution in [0.2, 0.25) is 0 Å². The largest absolute Gasteiger partial charge is 0.495 e. The number of amides is 1. The minimum absolute atomic E-state index is 0.148. The first-order valence-corrected chi connectivity index (χ1v) is 11.5. The highest BCUT2D eigenvalue weighted by Crippen LogP contribution is 2.29. The molecule has 1 fully saturated rings. The summed E-state index contributed by atoms with van der Waals surface area (Å²) in [6, 6.07) is 12.0. The maximum absolute atomic E-state index is 13.2. The van der Waals surface area contributed by atoms with E-state index in [0.29, 0.717) is 43.2 Å². The molecule has 8 heteroatoms. The van der Waals surface area contributed by atoms with E-state index in [1.807, 2.05) is 26.0 Å². The van der Waals surface area contributed by atoms with E-state index in [-0.39, 0.29) is 17.3 Å². The molecule has 0 aromatic heterocycles. The molecule has 1 amide bonds. The lowest BCUT2D eigenvalue weighted by molar-refractivity contribution is -0.120. The van der Waals surface area contributed by atoms with E-state index in [0.717, 1.165) is 5.56 Å². The highest BCUT2D eigenvalue weighted by atomic mass is 32.2. The van der Waals surface area contributed by atoms with E-state index in [9.17, 15) is 13.2 Å². The monoisotopic (exact) mass is 432 g/mol. The van der Waals surface area contributed by atoms with Gasteiger partial charge < -0.3 is 14.8 Å². The Morgan fingerprint density at radius 2 is 1.97 bits per heavy atom. The predicted molar refractivity (Wildman–Crippen MR) is 115 cm³/mol. The second kappa shape index (κ2) is 9.49. The molecule has 0 saturated carbocycles. The number of nitrogens with one attached hydrogen (secondary N) is 1. The number of hydrogen-bond acceptors (Lipinski definition) is 5. The molecule has 0 spiro atoms. The molecule has 2 aromatic rings. The molecule has 1 N–H and O–H groups in total. The van der Waals surface area contributed by atoms with E-state index in [1.165, 1.54) is 4.31 Å². The number of carbonyl (C=O) groups is 1. The van der Waals surface area contributed by atoms with Crippen molar-refractivity contribution in [2.24, 2.45) is 5.92 Å². The summed E-state index contributed by atoms with van der Waals surface area (Å²) in [5, 5.41) is 2.87. The SMILES string of the molecule is CCOc1ccc(S(=O)(=O)N2CCC[C@H](C(=O)Nc3ccccc3OC)C2)cc1C. The van der Waals surface area contributed by atoms with Gasteiger partial charge in [-0.05, 0) is 62.6 Å². The number of anilines is 1. The normalized spacial score (nSPS) is 17.4. The van der Waals surface area contributed by atoms with Gasteiger partial charge in [0, 0.05) is 13.1 Å². The molecule has 0 radical (unpaired) electrons. The topological polar surface area (TPSA) is 84.9 Å². The second-order valence-electron chi connectivity index (χ2n) is 7.25. The predicted octanol–water partition coefficient (Wildman–Crippen LogP) is 3.44. The minimum Gasteiger partial charge on any atom is -0.495 e. The van der Waals surface area contributed by atoms with Crippen molar-refractivity contribution >= 4 is 21.6 Å². The van der Waals surface area contributed by atoms with Crippen molar-refractivity contribution in [3.63, 3.8) is 0 Å². The number of piperidine rings is 1. The van der Waals surface area contributed by atoms with Gasteiger partial charge in [0.25, 0.3) is 0 Å². The summed E-state index contributed by atoms with van der Waals surface area (Å²) in [6.07, 6.45) is 1.26. The number of nitrogens with zero attached hydrogens (tertiary/aromatic N) is 1. The zero-order valence-corrected chi connectivity index (χ0v) is 18.4. The number of aryl methyl sites for hydroxylation is 1. The third-order valence-electron chi connectivity index (χ3n) is 5.20. The van der Waals surface area contributed by atoms with E-state index >= 15 is 0 Å². The molecule has 1 saturated heterocycles. The van der Waals surface area contributed by atoms with Crippen LogP contribution in [0.15, 0.2) is 47.4 Å². The van der Waals surface area contributed by atoms with Crippen LogP contribution in [-0.2, 0) is 14.8 Å². The molecule has 0 aliphatic carbocycles. The highest BCUT2D eigenvalue weighted by molar-refractivity contribution is 7.89. The molecule has 1 aliphatic rings. The number of sulfonamides is 1. The fourth-order valence-corrected chi connectivity index (χ4v) is 5.22. The fraction of sp³-hybridized carbons (Fsp3) is 0.409. The van der Waals surface area contributed by atoms with Gasteiger partial charge in [-0.3, -0.25) is 4.79 Å². The molecule has 1 atom stereocenters. The van der Waals surface area contributed by atoms with Crippen LogP contribution < -0.4 is 14.8 Å². The summed E-state index contributed by atoms with van der Waals surface area (Å²) in [6.45, 7) is 4.77. The molecule has 1 aliphatic heterocycles. The summed E-state index contributed by atoms with van der Waals surface area (Å²) in [5.74, 6) is 0.602. The molecular formula is C22H28N2O5S. The summed E-state index contributed by atoms with van der Waals surface area (Å²) in [5.41, 5.74) is 1.34. The third kappa shape index (κ3) is 4.76. The van der Waals surface area contributed by atoms with Gasteiger partial charge in [-0.15, -0.1) is 0 Å². The zero-order chi connectivity index (χ0) is 21.7. The number of ether oxygens (including phenoxy) is 2. The number of benzene rings is 2. The Hall–Kier alpha value is -2.58. The number of rotatable bonds is 7. The van der Waals surface area contributed by atoms with Crippen LogP contribution in [0, 0.1) is 12.8 Å². The van der Waals surface area contributed by atoms with Gasteiger partial charge >= 0.3 is 0 Å². The highest BCUT2D eigenvalue weighted by Gasteiger charge is 2.33. The van der Waals surface area contributed by atoms with E-state index < -0.39 is 15.9 Å². The van der Waals surface area contributed by atoms with Crippen molar-refractivity contribution < 1.29 is 22.7 Å². The molecule has 162 valence electrons. The molecule has 7 nitrogen and oxygen atoms in total. The molecule has 1 heterocycles. The third-order valence-corrected chi connectivity index (χ3v) is 7.06. The summed E-state index contributed by atoms with van der Waals surface area (Å²) in [4.78, 5) is 13.0. The average Bonchev–Trinajstić information content (AvgIpc) is 2.75. The maximum atomic E-state index is 13.2. The first-order chi connectivity index (χ1) is 14.4. The fourth-order valence-electron chi connectivity index (χ4n) is 3.61. The van der Waals surface area contributed by atoms with Crippen LogP contribution in [0.3, 0.4) is 0 Å². The van der Waals surface area contributed by atoms with E-state index in [2.05, 4.69) is 5.32 Å². The molecule has 2 aromatic carbocycles. The van der Waals surface area contributed by atoms with Crippen molar-refractivity contribution in [1.82, 2.24) is 4.31 Å². The van der Waals surface area contributed by atoms with Crippen molar-refractivity contribution in [1.29, 1.82) is 0 Å². The first kappa shape index (κ1) is 22.1. The summed E-state index contributed by atoms with van der Waals surface area (Å²) < 4.78 is 38.5. The van der Waals surface area contributed by atoms with Gasteiger partial charge in [-0.1, -0.05) is 12.1 Å². The Kier molecular flexibility index (Phi) is 6.99. The smallest absolute Gasteiger partial charge is 0.243 e. The lowest BCUT2D eigenvalue weighted by atomic mass is 9.98. The standard InChI is InChI=1S/C22H28N2O5S/c1-4-29-20-12-11-18(14-16(20)2)30(26,27)24-13-7-8-17(15-24)22(25)23-19-9-5-6-10-21(19)28-3/h5-6,9-12,14,17H,4,7-8,13,15H2,1-3H3,(H,23,25)/t17-/m0/s1. The quantitative estimate of drug-likeness (QED) is 0.724. The Labute approximate surface area is 178 Å². The molecular weight excluding hydrogens is 404 g/mol. The number of carbonyl (C=O) groups excluding carboxylic acids is 1. The van der Waals surface area contributed by atoms with Crippen LogP contribution in [0.5, 0.6) is 11.5 Å². The zero-order valence-electron chi connectivity index (χ0n) is 17.6. The van der Waals surface area contributed by atoms with Gasteiger partial charge in [-0.2, -0.15) is 4.31 Å². The van der Waals surface area contributed by atoms with E-state index in [1.54, 1.807) is 37.4 Å². The molecule has 30 heavy (non-hydrogen) atoms. The second-order valence-corrected chi connectivity index (χ2v) is 9.19. The maximum Gasteiger partial charge on any atom is 0.243 e. The Balaban J connectivity index is 1.75. The van der Waals surface area contributed by atoms with Gasteiger partial charge in [0.05, 0.1) is 30.2 Å².